The molecule has 1 rings (SSSR count). The van der Waals surface area contributed by atoms with Crippen LogP contribution in [0.2, 0.25) is 0 Å². The molecule has 114 valence electrons. The zero-order valence-electron chi connectivity index (χ0n) is 11.9. The lowest BCUT2D eigenvalue weighted by Crippen LogP contribution is -2.39. The molecule has 0 fully saturated rings. The van der Waals surface area contributed by atoms with Gasteiger partial charge >= 0.3 is 6.18 Å². The van der Waals surface area contributed by atoms with Crippen molar-refractivity contribution in [3.8, 4) is 0 Å². The highest BCUT2D eigenvalue weighted by atomic mass is 32.2. The van der Waals surface area contributed by atoms with Crippen LogP contribution >= 0.6 is 11.8 Å². The molecule has 0 saturated carbocycles. The van der Waals surface area contributed by atoms with E-state index in [-0.39, 0.29) is 18.2 Å². The number of nitrogens with two attached hydrogens (primary N) is 1. The van der Waals surface area contributed by atoms with Crippen LogP contribution in [-0.4, -0.2) is 36.5 Å². The minimum absolute atomic E-state index is 0.153. The standard InChI is InChI=1S/C14H21F3N2S/c1-10(9-20-3)19(2)13(8-18)11-6-4-5-7-12(11)14(15,16)17/h4-7,10,13H,8-9,18H2,1-3H3. The first-order valence-electron chi connectivity index (χ1n) is 6.40. The zero-order valence-corrected chi connectivity index (χ0v) is 12.8. The predicted molar refractivity (Wildman–Crippen MR) is 78.8 cm³/mol. The average molecular weight is 306 g/mol. The number of rotatable bonds is 6. The number of nitrogens with zero attached hydrogens (tertiary/aromatic N) is 1. The van der Waals surface area contributed by atoms with Crippen molar-refractivity contribution < 1.29 is 13.2 Å². The summed E-state index contributed by atoms with van der Waals surface area (Å²) in [6.45, 7) is 2.15. The molecule has 0 spiro atoms. The maximum atomic E-state index is 13.1. The van der Waals surface area contributed by atoms with E-state index in [0.29, 0.717) is 0 Å². The largest absolute Gasteiger partial charge is 0.416 e. The summed E-state index contributed by atoms with van der Waals surface area (Å²) in [7, 11) is 1.82. The van der Waals surface area contributed by atoms with Gasteiger partial charge in [0.2, 0.25) is 0 Å². The van der Waals surface area contributed by atoms with E-state index in [1.165, 1.54) is 12.1 Å². The Labute approximate surface area is 122 Å². The van der Waals surface area contributed by atoms with Crippen LogP contribution in [0.1, 0.15) is 24.1 Å². The number of benzene rings is 1. The molecule has 20 heavy (non-hydrogen) atoms. The Morgan fingerprint density at radius 1 is 1.30 bits per heavy atom. The highest BCUT2D eigenvalue weighted by molar-refractivity contribution is 7.98. The quantitative estimate of drug-likeness (QED) is 0.873. The number of hydrogen-bond acceptors (Lipinski definition) is 3. The van der Waals surface area contributed by atoms with Crippen molar-refractivity contribution in [1.82, 2.24) is 4.90 Å². The summed E-state index contributed by atoms with van der Waals surface area (Å²) in [6, 6.07) is 5.38. The van der Waals surface area contributed by atoms with Crippen molar-refractivity contribution in [3.05, 3.63) is 35.4 Å². The Morgan fingerprint density at radius 3 is 2.40 bits per heavy atom. The fraction of sp³-hybridized carbons (Fsp3) is 0.571. The van der Waals surface area contributed by atoms with Crippen LogP contribution < -0.4 is 5.73 Å². The van der Waals surface area contributed by atoms with Crippen LogP contribution in [0.15, 0.2) is 24.3 Å². The lowest BCUT2D eigenvalue weighted by molar-refractivity contribution is -0.138. The van der Waals surface area contributed by atoms with Gasteiger partial charge in [0, 0.05) is 24.4 Å². The highest BCUT2D eigenvalue weighted by Crippen LogP contribution is 2.36. The summed E-state index contributed by atoms with van der Waals surface area (Å²) < 4.78 is 39.3. The molecule has 2 unspecified atom stereocenters. The Balaban J connectivity index is 3.13. The molecular weight excluding hydrogens is 285 g/mol. The molecule has 0 heterocycles. The van der Waals surface area contributed by atoms with Crippen molar-refractivity contribution in [2.75, 3.05) is 25.6 Å². The van der Waals surface area contributed by atoms with E-state index in [4.69, 9.17) is 5.73 Å². The molecule has 0 bridgehead atoms. The van der Waals surface area contributed by atoms with Crippen LogP contribution in [-0.2, 0) is 6.18 Å². The molecule has 0 aliphatic heterocycles. The van der Waals surface area contributed by atoms with Gasteiger partial charge in [-0.2, -0.15) is 24.9 Å². The lowest BCUT2D eigenvalue weighted by Gasteiger charge is -2.33. The van der Waals surface area contributed by atoms with Gasteiger partial charge in [0.1, 0.15) is 0 Å². The van der Waals surface area contributed by atoms with Crippen LogP contribution in [0.3, 0.4) is 0 Å². The lowest BCUT2D eigenvalue weighted by atomic mass is 9.98. The third-order valence-electron chi connectivity index (χ3n) is 3.44. The summed E-state index contributed by atoms with van der Waals surface area (Å²) in [4.78, 5) is 1.92. The summed E-state index contributed by atoms with van der Waals surface area (Å²) in [5.74, 6) is 0.848. The van der Waals surface area contributed by atoms with Crippen LogP contribution in [0.4, 0.5) is 13.2 Å². The number of alkyl halides is 3. The normalized spacial score (nSPS) is 15.4. The first kappa shape index (κ1) is 17.3. The van der Waals surface area contributed by atoms with Gasteiger partial charge < -0.3 is 5.73 Å². The van der Waals surface area contributed by atoms with E-state index in [1.54, 1.807) is 17.8 Å². The molecule has 0 amide bonds. The van der Waals surface area contributed by atoms with Crippen molar-refractivity contribution >= 4 is 11.8 Å². The SMILES string of the molecule is CSCC(C)N(C)C(CN)c1ccccc1C(F)(F)F. The molecule has 2 nitrogen and oxygen atoms in total. The number of thioether (sulfide) groups is 1. The molecule has 0 aromatic heterocycles. The van der Waals surface area contributed by atoms with Gasteiger partial charge in [-0.1, -0.05) is 18.2 Å². The van der Waals surface area contributed by atoms with E-state index in [2.05, 4.69) is 0 Å². The summed E-state index contributed by atoms with van der Waals surface area (Å²) in [5.41, 5.74) is 5.39. The molecule has 6 heteroatoms. The van der Waals surface area contributed by atoms with Crippen LogP contribution in [0, 0.1) is 0 Å². The van der Waals surface area contributed by atoms with Crippen LogP contribution in [0.25, 0.3) is 0 Å². The van der Waals surface area contributed by atoms with Crippen LogP contribution in [0.5, 0.6) is 0 Å². The van der Waals surface area contributed by atoms with E-state index in [0.717, 1.165) is 11.8 Å². The minimum Gasteiger partial charge on any atom is -0.329 e. The zero-order chi connectivity index (χ0) is 15.3. The van der Waals surface area contributed by atoms with Gasteiger partial charge in [0.15, 0.2) is 0 Å². The van der Waals surface area contributed by atoms with E-state index in [1.807, 2.05) is 25.1 Å². The van der Waals surface area contributed by atoms with Gasteiger partial charge in [-0.25, -0.2) is 0 Å². The molecule has 2 N–H and O–H groups in total. The molecule has 0 saturated heterocycles. The number of halogens is 3. The Kier molecular flexibility index (Phi) is 6.36. The van der Waals surface area contributed by atoms with Crippen molar-refractivity contribution in [2.45, 2.75) is 25.2 Å². The predicted octanol–water partition coefficient (Wildman–Crippen LogP) is 3.39. The first-order chi connectivity index (χ1) is 9.32. The molecular formula is C14H21F3N2S. The summed E-state index contributed by atoms with van der Waals surface area (Å²) in [6.07, 6.45) is -2.38. The fourth-order valence-corrected chi connectivity index (χ4v) is 2.94. The van der Waals surface area contributed by atoms with E-state index < -0.39 is 17.8 Å². The molecule has 2 atom stereocenters. The third kappa shape index (κ3) is 4.14. The molecule has 1 aromatic rings. The van der Waals surface area contributed by atoms with E-state index in [9.17, 15) is 13.2 Å². The summed E-state index contributed by atoms with van der Waals surface area (Å²) >= 11 is 1.67. The second kappa shape index (κ2) is 7.33. The number of hydrogen-bond donors (Lipinski definition) is 1. The molecule has 0 aliphatic rings. The maximum Gasteiger partial charge on any atom is 0.416 e. The van der Waals surface area contributed by atoms with Gasteiger partial charge in [0.05, 0.1) is 5.56 Å². The van der Waals surface area contributed by atoms with Gasteiger partial charge in [0.25, 0.3) is 0 Å². The van der Waals surface area contributed by atoms with Crippen molar-refractivity contribution in [1.29, 1.82) is 0 Å². The van der Waals surface area contributed by atoms with Gasteiger partial charge in [-0.3, -0.25) is 4.90 Å². The number of likely N-dealkylation sites (N-methyl/N-ethyl adjacent to an activating group) is 1. The highest BCUT2D eigenvalue weighted by Gasteiger charge is 2.36. The molecule has 1 aromatic carbocycles. The fourth-order valence-electron chi connectivity index (χ4n) is 2.22. The topological polar surface area (TPSA) is 29.3 Å². The smallest absolute Gasteiger partial charge is 0.329 e. The van der Waals surface area contributed by atoms with Gasteiger partial charge in [-0.15, -0.1) is 0 Å². The molecule has 0 aliphatic carbocycles. The second-order valence-electron chi connectivity index (χ2n) is 4.81. The Morgan fingerprint density at radius 2 is 1.90 bits per heavy atom. The Hall–Kier alpha value is -0.720. The second-order valence-corrected chi connectivity index (χ2v) is 5.72. The minimum atomic E-state index is -4.35. The average Bonchev–Trinajstić information content (AvgIpc) is 2.39. The maximum absolute atomic E-state index is 13.1. The first-order valence-corrected chi connectivity index (χ1v) is 7.79. The third-order valence-corrected chi connectivity index (χ3v) is 4.26. The monoisotopic (exact) mass is 306 g/mol. The summed E-state index contributed by atoms with van der Waals surface area (Å²) in [5, 5.41) is 0. The van der Waals surface area contributed by atoms with Crippen molar-refractivity contribution in [2.24, 2.45) is 5.73 Å². The van der Waals surface area contributed by atoms with Gasteiger partial charge in [-0.05, 0) is 31.9 Å². The van der Waals surface area contributed by atoms with Crippen molar-refractivity contribution in [3.63, 3.8) is 0 Å². The Bertz CT molecular complexity index is 423. The van der Waals surface area contributed by atoms with E-state index >= 15 is 0 Å². The molecule has 0 radical (unpaired) electrons.